The van der Waals surface area contributed by atoms with Gasteiger partial charge >= 0.3 is 39.5 Å². The highest BCUT2D eigenvalue weighted by atomic mass is 31.2. The first-order chi connectivity index (χ1) is 42.6. The highest BCUT2D eigenvalue weighted by Gasteiger charge is 2.30. The molecule has 0 aliphatic heterocycles. The van der Waals surface area contributed by atoms with Crippen molar-refractivity contribution in [3.63, 3.8) is 0 Å². The Labute approximate surface area is 537 Å². The summed E-state index contributed by atoms with van der Waals surface area (Å²) in [5.41, 5.74) is 0. The monoisotopic (exact) mass is 1300 g/mol. The third-order valence-corrected chi connectivity index (χ3v) is 18.3. The van der Waals surface area contributed by atoms with Crippen molar-refractivity contribution in [2.75, 3.05) is 39.6 Å². The van der Waals surface area contributed by atoms with E-state index in [-0.39, 0.29) is 25.7 Å². The summed E-state index contributed by atoms with van der Waals surface area (Å²) in [7, 11) is -9.89. The van der Waals surface area contributed by atoms with E-state index in [9.17, 15) is 43.2 Å². The summed E-state index contributed by atoms with van der Waals surface area (Å²) in [5, 5.41) is 10.6. The number of phosphoric ester groups is 2. The van der Waals surface area contributed by atoms with Gasteiger partial charge in [0.15, 0.2) is 12.2 Å². The van der Waals surface area contributed by atoms with Crippen LogP contribution in [0.15, 0.2) is 0 Å². The zero-order chi connectivity index (χ0) is 64.9. The lowest BCUT2D eigenvalue weighted by Gasteiger charge is -2.21. The minimum Gasteiger partial charge on any atom is -0.462 e. The number of carbonyl (C=O) groups excluding carboxylic acids is 4. The molecule has 0 aliphatic rings. The molecule has 3 N–H and O–H groups in total. The first-order valence-electron chi connectivity index (χ1n) is 36.2. The van der Waals surface area contributed by atoms with E-state index in [0.717, 1.165) is 95.8 Å². The van der Waals surface area contributed by atoms with E-state index >= 15 is 0 Å². The van der Waals surface area contributed by atoms with Crippen molar-refractivity contribution in [2.45, 2.75) is 374 Å². The van der Waals surface area contributed by atoms with Gasteiger partial charge in [0.1, 0.15) is 19.3 Å². The molecule has 0 aliphatic carbocycles. The van der Waals surface area contributed by atoms with Crippen molar-refractivity contribution in [2.24, 2.45) is 5.92 Å². The van der Waals surface area contributed by atoms with Crippen molar-refractivity contribution in [3.05, 3.63) is 0 Å². The van der Waals surface area contributed by atoms with Crippen LogP contribution in [0.25, 0.3) is 0 Å². The Morgan fingerprint density at radius 3 is 0.807 bits per heavy atom. The molecule has 0 aromatic heterocycles. The largest absolute Gasteiger partial charge is 0.472 e. The Bertz CT molecular complexity index is 1710. The maximum Gasteiger partial charge on any atom is 0.472 e. The van der Waals surface area contributed by atoms with Crippen molar-refractivity contribution in [3.8, 4) is 0 Å². The van der Waals surface area contributed by atoms with Crippen LogP contribution in [0.5, 0.6) is 0 Å². The summed E-state index contributed by atoms with van der Waals surface area (Å²) < 4.78 is 68.2. The van der Waals surface area contributed by atoms with Crippen LogP contribution in [-0.2, 0) is 65.4 Å². The number of phosphoric acid groups is 2. The molecule has 88 heavy (non-hydrogen) atoms. The van der Waals surface area contributed by atoms with Gasteiger partial charge in [-0.2, -0.15) is 0 Å². The van der Waals surface area contributed by atoms with E-state index in [4.69, 9.17) is 37.0 Å². The van der Waals surface area contributed by atoms with E-state index < -0.39 is 97.5 Å². The second kappa shape index (κ2) is 62.5. The quantitative estimate of drug-likeness (QED) is 0.0222. The number of hydrogen-bond donors (Lipinski definition) is 3. The molecular formula is C69H134O17P2. The molecule has 522 valence electrons. The first kappa shape index (κ1) is 86.1. The fraction of sp³-hybridized carbons (Fsp3) is 0.942. The number of esters is 4. The average molecular weight is 1300 g/mol. The Morgan fingerprint density at radius 2 is 0.545 bits per heavy atom. The number of rotatable bonds is 69. The predicted molar refractivity (Wildman–Crippen MR) is 354 cm³/mol. The zero-order valence-corrected chi connectivity index (χ0v) is 58.6. The number of ether oxygens (including phenoxy) is 4. The highest BCUT2D eigenvalue weighted by Crippen LogP contribution is 2.45. The van der Waals surface area contributed by atoms with Crippen LogP contribution in [0.3, 0.4) is 0 Å². The van der Waals surface area contributed by atoms with E-state index in [1.54, 1.807) is 0 Å². The Kier molecular flexibility index (Phi) is 61.1. The maximum atomic E-state index is 13.0. The second-order valence-corrected chi connectivity index (χ2v) is 28.1. The summed E-state index contributed by atoms with van der Waals surface area (Å²) in [6.45, 7) is 7.23. The van der Waals surface area contributed by atoms with Gasteiger partial charge in [0.05, 0.1) is 26.4 Å². The zero-order valence-electron chi connectivity index (χ0n) is 56.9. The molecule has 0 radical (unpaired) electrons. The standard InChI is InChI=1S/C69H134O17P2/c1-6-10-13-16-19-22-24-25-26-27-28-30-33-40-45-50-55-69(74)86-65(59-80-67(72)53-48-43-38-35-34-36-41-46-51-62(5)9-4)61-84-88(77,78)82-57-63(70)56-81-87(75,76)83-60-64(58-79-66(71)52-47-42-37-31-21-18-15-12-8-3)85-68(73)54-49-44-39-32-29-23-20-17-14-11-7-2/h62-65,70H,6-61H2,1-5H3,(H,75,76)(H,77,78)/t62?,63-,64+,65+/m0/s1. The van der Waals surface area contributed by atoms with Crippen LogP contribution in [0.4, 0.5) is 0 Å². The molecule has 0 saturated heterocycles. The minimum atomic E-state index is -4.95. The topological polar surface area (TPSA) is 237 Å². The van der Waals surface area contributed by atoms with E-state index in [2.05, 4.69) is 34.6 Å². The lowest BCUT2D eigenvalue weighted by Crippen LogP contribution is -2.30. The Morgan fingerprint density at radius 1 is 0.318 bits per heavy atom. The fourth-order valence-electron chi connectivity index (χ4n) is 10.4. The molecule has 0 aromatic rings. The van der Waals surface area contributed by atoms with Crippen LogP contribution < -0.4 is 0 Å². The number of unbranched alkanes of at least 4 members (excludes halogenated alkanes) is 40. The predicted octanol–water partition coefficient (Wildman–Crippen LogP) is 19.7. The minimum absolute atomic E-state index is 0.107. The van der Waals surface area contributed by atoms with Gasteiger partial charge in [0.25, 0.3) is 0 Å². The van der Waals surface area contributed by atoms with Gasteiger partial charge in [0, 0.05) is 25.7 Å². The molecule has 0 aromatic carbocycles. The van der Waals surface area contributed by atoms with E-state index in [1.807, 2.05) is 0 Å². The molecule has 0 spiro atoms. The molecule has 0 fully saturated rings. The van der Waals surface area contributed by atoms with Gasteiger partial charge in [0.2, 0.25) is 0 Å². The molecule has 19 heteroatoms. The van der Waals surface area contributed by atoms with Crippen molar-refractivity contribution in [1.82, 2.24) is 0 Å². The first-order valence-corrected chi connectivity index (χ1v) is 39.2. The van der Waals surface area contributed by atoms with Crippen molar-refractivity contribution < 1.29 is 80.2 Å². The van der Waals surface area contributed by atoms with Gasteiger partial charge in [-0.1, -0.05) is 304 Å². The summed E-state index contributed by atoms with van der Waals surface area (Å²) >= 11 is 0. The van der Waals surface area contributed by atoms with Crippen LogP contribution in [-0.4, -0.2) is 96.7 Å². The fourth-order valence-corrected chi connectivity index (χ4v) is 12.0. The normalized spacial score (nSPS) is 14.4. The van der Waals surface area contributed by atoms with E-state index in [1.165, 1.54) is 180 Å². The van der Waals surface area contributed by atoms with Crippen LogP contribution >= 0.6 is 15.6 Å². The average Bonchev–Trinajstić information content (AvgIpc) is 3.70. The van der Waals surface area contributed by atoms with Crippen molar-refractivity contribution in [1.29, 1.82) is 0 Å². The molecular weight excluding hydrogens is 1160 g/mol. The Hall–Kier alpha value is -1.94. The molecule has 0 heterocycles. The SMILES string of the molecule is CCCCCCCCCCCCCCCCCCC(=O)O[C@H](COC(=O)CCCCCCCCCCC(C)CC)COP(=O)(O)OC[C@@H](O)COP(=O)(O)OC[C@@H](COC(=O)CCCCCCCCCCC)OC(=O)CCCCCCCCCCCCC. The van der Waals surface area contributed by atoms with Crippen molar-refractivity contribution >= 4 is 39.5 Å². The molecule has 0 saturated carbocycles. The summed E-state index contributed by atoms with van der Waals surface area (Å²) in [6.07, 6.45) is 48.4. The molecule has 0 amide bonds. The van der Waals surface area contributed by atoms with Crippen LogP contribution in [0.2, 0.25) is 0 Å². The third-order valence-electron chi connectivity index (χ3n) is 16.4. The third kappa shape index (κ3) is 61.6. The van der Waals surface area contributed by atoms with Crippen LogP contribution in [0, 0.1) is 5.92 Å². The second-order valence-electron chi connectivity index (χ2n) is 25.2. The summed E-state index contributed by atoms with van der Waals surface area (Å²) in [5.74, 6) is -1.35. The number of aliphatic hydroxyl groups is 1. The lowest BCUT2D eigenvalue weighted by molar-refractivity contribution is -0.161. The van der Waals surface area contributed by atoms with Gasteiger partial charge in [-0.3, -0.25) is 37.3 Å². The van der Waals surface area contributed by atoms with Gasteiger partial charge < -0.3 is 33.8 Å². The number of aliphatic hydroxyl groups excluding tert-OH is 1. The van der Waals surface area contributed by atoms with Gasteiger partial charge in [-0.25, -0.2) is 9.13 Å². The molecule has 17 nitrogen and oxygen atoms in total. The summed E-state index contributed by atoms with van der Waals surface area (Å²) in [4.78, 5) is 72.4. The molecule has 6 atom stereocenters. The Balaban J connectivity index is 5.23. The van der Waals surface area contributed by atoms with Gasteiger partial charge in [-0.15, -0.1) is 0 Å². The molecule has 3 unspecified atom stereocenters. The van der Waals surface area contributed by atoms with Crippen LogP contribution in [0.1, 0.15) is 356 Å². The molecule has 0 rings (SSSR count). The molecule has 0 bridgehead atoms. The lowest BCUT2D eigenvalue weighted by atomic mass is 9.99. The van der Waals surface area contributed by atoms with E-state index in [0.29, 0.717) is 25.7 Å². The number of hydrogen-bond acceptors (Lipinski definition) is 15. The number of carbonyl (C=O) groups is 4. The summed E-state index contributed by atoms with van der Waals surface area (Å²) in [6, 6.07) is 0. The van der Waals surface area contributed by atoms with Gasteiger partial charge in [-0.05, 0) is 31.6 Å². The maximum absolute atomic E-state index is 13.0. The smallest absolute Gasteiger partial charge is 0.462 e. The highest BCUT2D eigenvalue weighted by molar-refractivity contribution is 7.47.